The number of carbonyl (C=O) groups is 1. The van der Waals surface area contributed by atoms with E-state index in [0.29, 0.717) is 17.9 Å². The molecule has 0 fully saturated rings. The highest BCUT2D eigenvalue weighted by Gasteiger charge is 2.35. The van der Waals surface area contributed by atoms with Crippen LogP contribution in [0.4, 0.5) is 0 Å². The molecule has 0 saturated carbocycles. The van der Waals surface area contributed by atoms with Gasteiger partial charge >= 0.3 is 5.97 Å². The molecule has 0 aliphatic heterocycles. The second kappa shape index (κ2) is 6.41. The van der Waals surface area contributed by atoms with Crippen LogP contribution in [0.2, 0.25) is 0 Å². The van der Waals surface area contributed by atoms with Gasteiger partial charge in [-0.2, -0.15) is 0 Å². The molecule has 0 saturated heterocycles. The number of rotatable bonds is 6. The van der Waals surface area contributed by atoms with E-state index < -0.39 is 11.6 Å². The molecule has 2 rings (SSSR count). The van der Waals surface area contributed by atoms with Crippen molar-refractivity contribution in [1.82, 2.24) is 0 Å². The Bertz CT molecular complexity index is 592. The summed E-state index contributed by atoms with van der Waals surface area (Å²) >= 11 is 0. The van der Waals surface area contributed by atoms with Crippen molar-refractivity contribution in [2.45, 2.75) is 25.6 Å². The summed E-state index contributed by atoms with van der Waals surface area (Å²) in [5.41, 5.74) is -0.445. The van der Waals surface area contributed by atoms with Crippen LogP contribution in [0.15, 0.2) is 54.6 Å². The van der Waals surface area contributed by atoms with Crippen molar-refractivity contribution in [2.24, 2.45) is 0 Å². The molecule has 4 heteroatoms. The van der Waals surface area contributed by atoms with E-state index in [-0.39, 0.29) is 6.42 Å². The number of hydrogen-bond acceptors (Lipinski definition) is 3. The molecule has 0 heterocycles. The number of hydrogen-bond donors (Lipinski definition) is 2. The Labute approximate surface area is 123 Å². The fourth-order valence-electron chi connectivity index (χ4n) is 2.05. The van der Waals surface area contributed by atoms with Crippen LogP contribution in [0.3, 0.4) is 0 Å². The number of carboxylic acid groups (broad SMARTS) is 1. The zero-order valence-corrected chi connectivity index (χ0v) is 11.8. The summed E-state index contributed by atoms with van der Waals surface area (Å²) in [6.45, 7) is 2.07. The molecule has 2 N–H and O–H groups in total. The monoisotopic (exact) mass is 286 g/mol. The van der Waals surface area contributed by atoms with Crippen molar-refractivity contribution in [2.75, 3.05) is 0 Å². The van der Waals surface area contributed by atoms with Crippen LogP contribution in [-0.2, 0) is 17.0 Å². The van der Waals surface area contributed by atoms with Crippen molar-refractivity contribution < 1.29 is 19.7 Å². The summed E-state index contributed by atoms with van der Waals surface area (Å²) in [5, 5.41) is 19.3. The first-order chi connectivity index (χ1) is 10.1. The maximum atomic E-state index is 11.2. The van der Waals surface area contributed by atoms with E-state index in [4.69, 9.17) is 9.84 Å². The van der Waals surface area contributed by atoms with Crippen molar-refractivity contribution in [3.05, 3.63) is 65.7 Å². The zero-order chi connectivity index (χ0) is 15.3. The Morgan fingerprint density at radius 1 is 1.10 bits per heavy atom. The van der Waals surface area contributed by atoms with Gasteiger partial charge < -0.3 is 14.9 Å². The van der Waals surface area contributed by atoms with Crippen molar-refractivity contribution in [3.8, 4) is 5.75 Å². The average molecular weight is 286 g/mol. The van der Waals surface area contributed by atoms with E-state index in [1.807, 2.05) is 30.3 Å². The maximum Gasteiger partial charge on any atom is 0.340 e. The molecular formula is C17H18O4. The Morgan fingerprint density at radius 3 is 2.24 bits per heavy atom. The maximum absolute atomic E-state index is 11.2. The van der Waals surface area contributed by atoms with E-state index >= 15 is 0 Å². The molecule has 2 aromatic carbocycles. The van der Waals surface area contributed by atoms with Gasteiger partial charge in [0.05, 0.1) is 0 Å². The van der Waals surface area contributed by atoms with Gasteiger partial charge in [0.25, 0.3) is 0 Å². The summed E-state index contributed by atoms with van der Waals surface area (Å²) in [5.74, 6) is -0.616. The van der Waals surface area contributed by atoms with Gasteiger partial charge in [0.1, 0.15) is 12.4 Å². The summed E-state index contributed by atoms with van der Waals surface area (Å²) in [7, 11) is 0. The van der Waals surface area contributed by atoms with Gasteiger partial charge in [0.15, 0.2) is 5.60 Å². The Kier molecular flexibility index (Phi) is 4.60. The lowest BCUT2D eigenvalue weighted by molar-refractivity contribution is -0.160. The van der Waals surface area contributed by atoms with Gasteiger partial charge in [0, 0.05) is 0 Å². The SMILES string of the molecule is CCC(O)(C(=O)O)c1ccc(OCc2ccccc2)cc1. The lowest BCUT2D eigenvalue weighted by Gasteiger charge is -2.22. The van der Waals surface area contributed by atoms with E-state index in [9.17, 15) is 9.90 Å². The lowest BCUT2D eigenvalue weighted by Crippen LogP contribution is -2.34. The molecule has 1 unspecified atom stereocenters. The molecule has 0 radical (unpaired) electrons. The second-order valence-corrected chi connectivity index (χ2v) is 4.82. The van der Waals surface area contributed by atoms with E-state index in [1.165, 1.54) is 0 Å². The smallest absolute Gasteiger partial charge is 0.340 e. The van der Waals surface area contributed by atoms with E-state index in [1.54, 1.807) is 31.2 Å². The number of aliphatic hydroxyl groups is 1. The van der Waals surface area contributed by atoms with Crippen LogP contribution in [0.1, 0.15) is 24.5 Å². The number of ether oxygens (including phenoxy) is 1. The third-order valence-electron chi connectivity index (χ3n) is 3.45. The highest BCUT2D eigenvalue weighted by molar-refractivity contribution is 5.79. The molecular weight excluding hydrogens is 268 g/mol. The topological polar surface area (TPSA) is 66.8 Å². The van der Waals surface area contributed by atoms with Crippen LogP contribution in [0, 0.1) is 0 Å². The Hall–Kier alpha value is -2.33. The summed E-state index contributed by atoms with van der Waals surface area (Å²) in [6.07, 6.45) is 0.104. The van der Waals surface area contributed by atoms with Gasteiger partial charge in [-0.3, -0.25) is 0 Å². The second-order valence-electron chi connectivity index (χ2n) is 4.82. The Morgan fingerprint density at radius 2 is 1.71 bits per heavy atom. The molecule has 0 aromatic heterocycles. The molecule has 0 spiro atoms. The fraction of sp³-hybridized carbons (Fsp3) is 0.235. The quantitative estimate of drug-likeness (QED) is 0.856. The average Bonchev–Trinajstić information content (AvgIpc) is 2.53. The first-order valence-electron chi connectivity index (χ1n) is 6.79. The third kappa shape index (κ3) is 3.41. The zero-order valence-electron chi connectivity index (χ0n) is 11.8. The normalized spacial score (nSPS) is 13.4. The summed E-state index contributed by atoms with van der Waals surface area (Å²) in [6, 6.07) is 16.3. The lowest BCUT2D eigenvalue weighted by atomic mass is 9.91. The highest BCUT2D eigenvalue weighted by Crippen LogP contribution is 2.27. The first kappa shape index (κ1) is 15.1. The molecule has 21 heavy (non-hydrogen) atoms. The van der Waals surface area contributed by atoms with Crippen LogP contribution >= 0.6 is 0 Å². The van der Waals surface area contributed by atoms with Crippen molar-refractivity contribution >= 4 is 5.97 Å². The van der Waals surface area contributed by atoms with Crippen molar-refractivity contribution in [1.29, 1.82) is 0 Å². The molecule has 0 aliphatic rings. The van der Waals surface area contributed by atoms with Gasteiger partial charge in [-0.15, -0.1) is 0 Å². The Balaban J connectivity index is 2.07. The van der Waals surface area contributed by atoms with E-state index in [2.05, 4.69) is 0 Å². The summed E-state index contributed by atoms with van der Waals surface area (Å²) < 4.78 is 5.62. The minimum Gasteiger partial charge on any atom is -0.489 e. The van der Waals surface area contributed by atoms with Crippen LogP contribution in [0.5, 0.6) is 5.75 Å². The third-order valence-corrected chi connectivity index (χ3v) is 3.45. The van der Waals surface area contributed by atoms with Gasteiger partial charge in [0.2, 0.25) is 0 Å². The molecule has 0 aliphatic carbocycles. The molecule has 2 aromatic rings. The van der Waals surface area contributed by atoms with Gasteiger partial charge in [-0.25, -0.2) is 4.79 Å². The van der Waals surface area contributed by atoms with Crippen molar-refractivity contribution in [3.63, 3.8) is 0 Å². The molecule has 110 valence electrons. The molecule has 1 atom stereocenters. The number of aliphatic carboxylic acids is 1. The number of benzene rings is 2. The van der Waals surface area contributed by atoms with Crippen LogP contribution < -0.4 is 4.74 Å². The largest absolute Gasteiger partial charge is 0.489 e. The highest BCUT2D eigenvalue weighted by atomic mass is 16.5. The van der Waals surface area contributed by atoms with Gasteiger partial charge in [-0.05, 0) is 29.7 Å². The predicted molar refractivity (Wildman–Crippen MR) is 79.0 cm³/mol. The minimum atomic E-state index is -1.85. The molecule has 4 nitrogen and oxygen atoms in total. The fourth-order valence-corrected chi connectivity index (χ4v) is 2.05. The molecule has 0 bridgehead atoms. The molecule has 0 amide bonds. The minimum absolute atomic E-state index is 0.104. The summed E-state index contributed by atoms with van der Waals surface area (Å²) in [4.78, 5) is 11.2. The standard InChI is InChI=1S/C17H18O4/c1-2-17(20,16(18)19)14-8-10-15(11-9-14)21-12-13-6-4-3-5-7-13/h3-11,20H,2,12H2,1H3,(H,18,19). The van der Waals surface area contributed by atoms with Crippen LogP contribution in [-0.4, -0.2) is 16.2 Å². The number of carboxylic acids is 1. The predicted octanol–water partition coefficient (Wildman–Crippen LogP) is 2.95. The van der Waals surface area contributed by atoms with Crippen LogP contribution in [0.25, 0.3) is 0 Å². The van der Waals surface area contributed by atoms with Gasteiger partial charge in [-0.1, -0.05) is 49.4 Å². The van der Waals surface area contributed by atoms with E-state index in [0.717, 1.165) is 5.56 Å². The first-order valence-corrected chi connectivity index (χ1v) is 6.79.